The normalized spacial score (nSPS) is 10.4. The highest BCUT2D eigenvalue weighted by molar-refractivity contribution is 7.10. The molecular formula is C6H6N2OS. The third-order valence-electron chi connectivity index (χ3n) is 0.842. The van der Waals surface area contributed by atoms with Gasteiger partial charge in [-0.05, 0) is 6.08 Å². The van der Waals surface area contributed by atoms with E-state index >= 15 is 0 Å². The van der Waals surface area contributed by atoms with Gasteiger partial charge in [-0.25, -0.2) is 4.98 Å². The smallest absolute Gasteiger partial charge is 0.241 e. The van der Waals surface area contributed by atoms with E-state index in [1.165, 1.54) is 17.4 Å². The number of nitrogens with zero attached hydrogens (tertiary/aromatic N) is 1. The molecule has 0 atom stereocenters. The second kappa shape index (κ2) is 3.12. The van der Waals surface area contributed by atoms with Gasteiger partial charge in [0, 0.05) is 17.7 Å². The van der Waals surface area contributed by atoms with Gasteiger partial charge in [-0.15, -0.1) is 11.3 Å². The zero-order valence-corrected chi connectivity index (χ0v) is 5.97. The number of thiazole rings is 1. The largest absolute Gasteiger partial charge is 0.366 e. The lowest BCUT2D eigenvalue weighted by atomic mass is 10.5. The van der Waals surface area contributed by atoms with Gasteiger partial charge in [0.2, 0.25) is 5.91 Å². The number of nitrogens with two attached hydrogens (primary N) is 1. The van der Waals surface area contributed by atoms with Crippen molar-refractivity contribution < 1.29 is 4.79 Å². The molecule has 0 spiro atoms. The molecule has 10 heavy (non-hydrogen) atoms. The Morgan fingerprint density at radius 3 is 3.10 bits per heavy atom. The maximum atomic E-state index is 10.2. The fraction of sp³-hybridized carbons (Fsp3) is 0. The standard InChI is InChI=1S/C6H6N2OS/c7-5(9)1-2-6-8-3-4-10-6/h1-4H,(H2,7,9)/b2-1+. The maximum Gasteiger partial charge on any atom is 0.241 e. The van der Waals surface area contributed by atoms with E-state index in [9.17, 15) is 4.79 Å². The zero-order valence-electron chi connectivity index (χ0n) is 5.15. The van der Waals surface area contributed by atoms with Gasteiger partial charge in [0.15, 0.2) is 0 Å². The molecule has 0 radical (unpaired) electrons. The lowest BCUT2D eigenvalue weighted by molar-refractivity contribution is -0.113. The molecule has 0 aliphatic carbocycles. The van der Waals surface area contributed by atoms with Crippen molar-refractivity contribution in [1.82, 2.24) is 4.98 Å². The minimum absolute atomic E-state index is 0.449. The van der Waals surface area contributed by atoms with E-state index in [1.807, 2.05) is 5.38 Å². The van der Waals surface area contributed by atoms with Crippen molar-refractivity contribution in [2.45, 2.75) is 0 Å². The van der Waals surface area contributed by atoms with E-state index in [1.54, 1.807) is 12.3 Å². The maximum absolute atomic E-state index is 10.2. The summed E-state index contributed by atoms with van der Waals surface area (Å²) in [5.74, 6) is -0.449. The summed E-state index contributed by atoms with van der Waals surface area (Å²) < 4.78 is 0. The molecule has 0 aliphatic rings. The number of primary amides is 1. The highest BCUT2D eigenvalue weighted by Crippen LogP contribution is 2.04. The van der Waals surface area contributed by atoms with Crippen molar-refractivity contribution in [3.8, 4) is 0 Å². The van der Waals surface area contributed by atoms with Crippen molar-refractivity contribution in [1.29, 1.82) is 0 Å². The molecule has 2 N–H and O–H groups in total. The molecule has 0 aliphatic heterocycles. The number of amides is 1. The van der Waals surface area contributed by atoms with Gasteiger partial charge in [-0.2, -0.15) is 0 Å². The van der Waals surface area contributed by atoms with E-state index < -0.39 is 5.91 Å². The van der Waals surface area contributed by atoms with E-state index in [0.717, 1.165) is 5.01 Å². The van der Waals surface area contributed by atoms with Gasteiger partial charge in [0.1, 0.15) is 5.01 Å². The van der Waals surface area contributed by atoms with Crippen molar-refractivity contribution in [2.24, 2.45) is 5.73 Å². The van der Waals surface area contributed by atoms with E-state index in [-0.39, 0.29) is 0 Å². The number of rotatable bonds is 2. The fourth-order valence-corrected chi connectivity index (χ4v) is 1.000. The van der Waals surface area contributed by atoms with Gasteiger partial charge in [0.25, 0.3) is 0 Å². The lowest BCUT2D eigenvalue weighted by Gasteiger charge is -1.78. The lowest BCUT2D eigenvalue weighted by Crippen LogP contribution is -2.04. The monoisotopic (exact) mass is 154 g/mol. The van der Waals surface area contributed by atoms with Crippen LogP contribution in [0, 0.1) is 0 Å². The molecule has 0 bridgehead atoms. The van der Waals surface area contributed by atoms with Crippen LogP contribution < -0.4 is 5.73 Å². The van der Waals surface area contributed by atoms with Gasteiger partial charge in [-0.1, -0.05) is 0 Å². The van der Waals surface area contributed by atoms with Crippen LogP contribution in [0.4, 0.5) is 0 Å². The van der Waals surface area contributed by atoms with Crippen LogP contribution in [-0.2, 0) is 4.79 Å². The first-order chi connectivity index (χ1) is 4.79. The molecule has 1 rings (SSSR count). The third kappa shape index (κ3) is 1.99. The van der Waals surface area contributed by atoms with E-state index in [2.05, 4.69) is 4.98 Å². The van der Waals surface area contributed by atoms with E-state index in [4.69, 9.17) is 5.73 Å². The number of hydrogen-bond donors (Lipinski definition) is 1. The van der Waals surface area contributed by atoms with Crippen LogP contribution in [0.2, 0.25) is 0 Å². The minimum Gasteiger partial charge on any atom is -0.366 e. The molecule has 4 heteroatoms. The van der Waals surface area contributed by atoms with Crippen molar-refractivity contribution >= 4 is 23.3 Å². The number of carbonyl (C=O) groups is 1. The summed E-state index contributed by atoms with van der Waals surface area (Å²) in [4.78, 5) is 14.1. The van der Waals surface area contributed by atoms with Gasteiger partial charge in [-0.3, -0.25) is 4.79 Å². The molecule has 1 amide bonds. The number of aromatic nitrogens is 1. The SMILES string of the molecule is NC(=O)/C=C/c1nccs1. The average Bonchev–Trinajstić information content (AvgIpc) is 2.34. The molecule has 1 aromatic heterocycles. The Balaban J connectivity index is 2.64. The van der Waals surface area contributed by atoms with Crippen LogP contribution in [0.3, 0.4) is 0 Å². The number of carbonyl (C=O) groups excluding carboxylic acids is 1. The Labute approximate surface area is 62.2 Å². The molecule has 0 saturated carbocycles. The molecule has 52 valence electrons. The van der Waals surface area contributed by atoms with Crippen molar-refractivity contribution in [2.75, 3.05) is 0 Å². The van der Waals surface area contributed by atoms with Gasteiger partial charge < -0.3 is 5.73 Å². The van der Waals surface area contributed by atoms with Crippen molar-refractivity contribution in [3.63, 3.8) is 0 Å². The second-order valence-electron chi connectivity index (χ2n) is 1.61. The summed E-state index contributed by atoms with van der Waals surface area (Å²) in [6.45, 7) is 0. The summed E-state index contributed by atoms with van der Waals surface area (Å²) in [5, 5.41) is 2.62. The Morgan fingerprint density at radius 2 is 2.60 bits per heavy atom. The fourth-order valence-electron chi connectivity index (χ4n) is 0.470. The van der Waals surface area contributed by atoms with Gasteiger partial charge in [0.05, 0.1) is 0 Å². The first-order valence-corrected chi connectivity index (χ1v) is 3.54. The third-order valence-corrected chi connectivity index (χ3v) is 1.58. The molecule has 1 aromatic rings. The first-order valence-electron chi connectivity index (χ1n) is 2.66. The average molecular weight is 154 g/mol. The first kappa shape index (κ1) is 6.95. The van der Waals surface area contributed by atoms with Crippen LogP contribution in [0.5, 0.6) is 0 Å². The molecular weight excluding hydrogens is 148 g/mol. The van der Waals surface area contributed by atoms with E-state index in [0.29, 0.717) is 0 Å². The highest BCUT2D eigenvalue weighted by Gasteiger charge is 1.87. The zero-order chi connectivity index (χ0) is 7.40. The summed E-state index contributed by atoms with van der Waals surface area (Å²) >= 11 is 1.46. The summed E-state index contributed by atoms with van der Waals surface area (Å²) in [5.41, 5.74) is 4.86. The molecule has 3 nitrogen and oxygen atoms in total. The molecule has 0 aromatic carbocycles. The quantitative estimate of drug-likeness (QED) is 0.635. The number of hydrogen-bond acceptors (Lipinski definition) is 3. The molecule has 0 saturated heterocycles. The molecule has 0 unspecified atom stereocenters. The van der Waals surface area contributed by atoms with Crippen LogP contribution in [0.15, 0.2) is 17.7 Å². The topological polar surface area (TPSA) is 56.0 Å². The Morgan fingerprint density at radius 1 is 1.80 bits per heavy atom. The minimum atomic E-state index is -0.449. The predicted octanol–water partition coefficient (Wildman–Crippen LogP) is 0.642. The second-order valence-corrected chi connectivity index (χ2v) is 2.53. The molecule has 1 heterocycles. The highest BCUT2D eigenvalue weighted by atomic mass is 32.1. The van der Waals surface area contributed by atoms with Gasteiger partial charge >= 0.3 is 0 Å². The Hall–Kier alpha value is -1.16. The summed E-state index contributed by atoms with van der Waals surface area (Å²) in [6.07, 6.45) is 4.55. The summed E-state index contributed by atoms with van der Waals surface area (Å²) in [6, 6.07) is 0. The molecule has 0 fully saturated rings. The van der Waals surface area contributed by atoms with Crippen LogP contribution in [0.1, 0.15) is 5.01 Å². The van der Waals surface area contributed by atoms with Crippen LogP contribution in [0.25, 0.3) is 6.08 Å². The van der Waals surface area contributed by atoms with Crippen LogP contribution >= 0.6 is 11.3 Å². The van der Waals surface area contributed by atoms with Crippen LogP contribution in [-0.4, -0.2) is 10.9 Å². The predicted molar refractivity (Wildman–Crippen MR) is 40.3 cm³/mol. The Kier molecular flexibility index (Phi) is 2.17. The van der Waals surface area contributed by atoms with Crippen molar-refractivity contribution in [3.05, 3.63) is 22.7 Å². The summed E-state index contributed by atoms with van der Waals surface area (Å²) in [7, 11) is 0. The Bertz CT molecular complexity index is 240.